The highest BCUT2D eigenvalue weighted by Gasteiger charge is 1.87. The summed E-state index contributed by atoms with van der Waals surface area (Å²) in [5, 5.41) is 10.1. The summed E-state index contributed by atoms with van der Waals surface area (Å²) >= 11 is 0. The molecule has 0 aliphatic rings. The summed E-state index contributed by atoms with van der Waals surface area (Å²) in [5.74, 6) is 9.08. The fraction of sp³-hybridized carbons (Fsp3) is 0.429. The minimum Gasteiger partial charge on any atom is -0.449 e. The molecule has 8 N–H and O–H groups in total. The van der Waals surface area contributed by atoms with Crippen LogP contribution in [0, 0.1) is 0 Å². The maximum Gasteiger partial charge on any atom is 0.343 e. The summed E-state index contributed by atoms with van der Waals surface area (Å²) in [4.78, 5) is 9.71. The Balaban J connectivity index is 0. The minimum absolute atomic E-state index is 0.232. The van der Waals surface area contributed by atoms with E-state index >= 15 is 0 Å². The number of hydrogen-bond acceptors (Lipinski definition) is 9. The maximum atomic E-state index is 9.71. The highest BCUT2D eigenvalue weighted by atomic mass is 28.3. The normalized spacial score (nSPS) is 9.86. The van der Waals surface area contributed by atoms with E-state index in [1.165, 1.54) is 6.04 Å². The van der Waals surface area contributed by atoms with Gasteiger partial charge in [0.1, 0.15) is 20.2 Å². The van der Waals surface area contributed by atoms with E-state index in [9.17, 15) is 4.79 Å². The molecule has 1 aromatic rings. The molecule has 0 bridgehead atoms. The number of aromatic nitrogens is 3. The van der Waals surface area contributed by atoms with Gasteiger partial charge in [0.25, 0.3) is 10.0 Å². The molecule has 0 saturated heterocycles. The summed E-state index contributed by atoms with van der Waals surface area (Å²) in [6, 6.07) is 2.33. The van der Waals surface area contributed by atoms with Crippen LogP contribution in [-0.2, 0) is 8.23 Å². The van der Waals surface area contributed by atoms with Crippen LogP contribution in [0.1, 0.15) is 6.42 Å². The van der Waals surface area contributed by atoms with Crippen molar-refractivity contribution in [3.8, 4) is 0 Å². The molecule has 2 amide bonds. The lowest BCUT2D eigenvalue weighted by Gasteiger charge is -1.99. The van der Waals surface area contributed by atoms with Crippen LogP contribution < -0.4 is 28.3 Å². The molecule has 0 atom stereocenters. The summed E-state index contributed by atoms with van der Waals surface area (Å²) in [6.07, 6.45) is 4.28. The Hall–Kier alpha value is -1.27. The third kappa shape index (κ3) is 24.2. The smallest absolute Gasteiger partial charge is 0.343 e. The summed E-state index contributed by atoms with van der Waals surface area (Å²) in [5.41, 5.74) is 8.78. The van der Waals surface area contributed by atoms with Gasteiger partial charge in [0, 0.05) is 0 Å². The Morgan fingerprint density at radius 1 is 1.29 bits per heavy atom. The number of amides is 2. The molecule has 0 aromatic carbocycles. The van der Waals surface area contributed by atoms with Gasteiger partial charge in [0.05, 0.1) is 12.4 Å². The van der Waals surface area contributed by atoms with Gasteiger partial charge >= 0.3 is 6.03 Å². The van der Waals surface area contributed by atoms with Crippen LogP contribution >= 0.6 is 0 Å². The third-order valence-corrected chi connectivity index (χ3v) is 5.17. The molecule has 0 unspecified atom stereocenters. The van der Waals surface area contributed by atoms with Crippen LogP contribution in [0.2, 0.25) is 6.04 Å². The van der Waals surface area contributed by atoms with Crippen LogP contribution in [0.3, 0.4) is 0 Å². The van der Waals surface area contributed by atoms with E-state index < -0.39 is 16.0 Å². The summed E-state index contributed by atoms with van der Waals surface area (Å²) in [7, 11) is 0.0872. The van der Waals surface area contributed by atoms with Gasteiger partial charge in [0.2, 0.25) is 0 Å². The van der Waals surface area contributed by atoms with Crippen LogP contribution in [0.15, 0.2) is 18.5 Å². The largest absolute Gasteiger partial charge is 0.449 e. The van der Waals surface area contributed by atoms with Gasteiger partial charge in [-0.1, -0.05) is 0 Å². The zero-order chi connectivity index (χ0) is 16.2. The van der Waals surface area contributed by atoms with Crippen LogP contribution in [-0.4, -0.2) is 58.2 Å². The summed E-state index contributed by atoms with van der Waals surface area (Å²) in [6.45, 7) is 0.805. The first-order valence-electron chi connectivity index (χ1n) is 6.05. The topological polar surface area (TPSA) is 176 Å². The van der Waals surface area contributed by atoms with Gasteiger partial charge < -0.3 is 14.0 Å². The molecule has 14 heteroatoms. The predicted octanol–water partition coefficient (Wildman–Crippen LogP) is -4.95. The number of nitrogens with zero attached hydrogens (tertiary/aromatic N) is 3. The number of nitrogens with one attached hydrogen (secondary N) is 2. The molecule has 0 aliphatic heterocycles. The van der Waals surface area contributed by atoms with Crippen molar-refractivity contribution in [2.24, 2.45) is 17.4 Å². The second-order valence-corrected chi connectivity index (χ2v) is 8.53. The van der Waals surface area contributed by atoms with Gasteiger partial charge in [0.15, 0.2) is 0 Å². The number of rotatable bonds is 6. The SMILES string of the molecule is NCCC[SiH2]O[SiH2]O[SiH3].NNC(=O)NN.c1cnnnc1. The van der Waals surface area contributed by atoms with Crippen LogP contribution in [0.5, 0.6) is 0 Å². The molecule has 0 fully saturated rings. The average molecular weight is 353 g/mol. The van der Waals surface area contributed by atoms with E-state index in [1.807, 2.05) is 0 Å². The molecule has 0 radical (unpaired) electrons. The molecular formula is C7H24N8O3Si3. The van der Waals surface area contributed by atoms with Crippen LogP contribution in [0.25, 0.3) is 0 Å². The van der Waals surface area contributed by atoms with E-state index in [-0.39, 0.29) is 9.76 Å². The van der Waals surface area contributed by atoms with Crippen LogP contribution in [0.4, 0.5) is 4.79 Å². The number of hydrogen-bond donors (Lipinski definition) is 5. The molecule has 1 rings (SSSR count). The summed E-state index contributed by atoms with van der Waals surface area (Å²) < 4.78 is 10.3. The molecule has 122 valence electrons. The highest BCUT2D eigenvalue weighted by Crippen LogP contribution is 1.84. The van der Waals surface area contributed by atoms with E-state index in [1.54, 1.807) is 29.3 Å². The van der Waals surface area contributed by atoms with Crippen molar-refractivity contribution in [2.75, 3.05) is 6.54 Å². The van der Waals surface area contributed by atoms with Crippen molar-refractivity contribution in [3.63, 3.8) is 0 Å². The molecule has 21 heavy (non-hydrogen) atoms. The van der Waals surface area contributed by atoms with Gasteiger partial charge in [-0.3, -0.25) is 10.9 Å². The molecular weight excluding hydrogens is 328 g/mol. The van der Waals surface area contributed by atoms with Crippen molar-refractivity contribution >= 4 is 36.3 Å². The molecule has 0 saturated carbocycles. The number of nitrogens with two attached hydrogens (primary N) is 3. The maximum absolute atomic E-state index is 9.71. The quantitative estimate of drug-likeness (QED) is 0.110. The van der Waals surface area contributed by atoms with Crippen molar-refractivity contribution in [1.82, 2.24) is 26.3 Å². The van der Waals surface area contributed by atoms with Gasteiger partial charge in [-0.05, 0) is 30.3 Å². The Morgan fingerprint density at radius 2 is 1.90 bits per heavy atom. The lowest BCUT2D eigenvalue weighted by Crippen LogP contribution is -2.43. The lowest BCUT2D eigenvalue weighted by molar-refractivity contribution is 0.241. The average Bonchev–Trinajstić information content (AvgIpc) is 2.57. The molecule has 11 nitrogen and oxygen atoms in total. The standard InChI is InChI=1S/C3H3N3.C3H15NO2Si3.CH6N4O/c1-2-4-6-5-3-1;4-2-1-3-8-6-9-5-7;2-4-1(6)5-3/h1-3H;1-4,8-9H2,7H3;2-3H2,(H2,4,5,6). The Bertz CT molecular complexity index is 274. The highest BCUT2D eigenvalue weighted by molar-refractivity contribution is 6.41. The van der Waals surface area contributed by atoms with Crippen molar-refractivity contribution in [3.05, 3.63) is 18.5 Å². The predicted molar refractivity (Wildman–Crippen MR) is 87.5 cm³/mol. The Labute approximate surface area is 131 Å². The lowest BCUT2D eigenvalue weighted by atomic mass is 10.5. The monoisotopic (exact) mass is 352 g/mol. The van der Waals surface area contributed by atoms with Gasteiger partial charge in [-0.25, -0.2) is 16.5 Å². The Kier molecular flexibility index (Phi) is 22.1. The first-order valence-corrected chi connectivity index (χ1v) is 9.60. The van der Waals surface area contributed by atoms with E-state index in [2.05, 4.69) is 27.1 Å². The minimum atomic E-state index is -0.602. The molecule has 1 aromatic heterocycles. The number of carbonyl (C=O) groups is 1. The van der Waals surface area contributed by atoms with Crippen molar-refractivity contribution < 1.29 is 13.0 Å². The molecule has 1 heterocycles. The van der Waals surface area contributed by atoms with Crippen molar-refractivity contribution in [1.29, 1.82) is 0 Å². The van der Waals surface area contributed by atoms with E-state index in [0.717, 1.165) is 23.5 Å². The molecule has 0 spiro atoms. The third-order valence-electron chi connectivity index (χ3n) is 1.61. The Morgan fingerprint density at radius 3 is 2.19 bits per heavy atom. The zero-order valence-corrected chi connectivity index (χ0v) is 16.9. The first kappa shape index (κ1) is 22.0. The van der Waals surface area contributed by atoms with Gasteiger partial charge in [-0.2, -0.15) is 0 Å². The first-order chi connectivity index (χ1) is 10.2. The zero-order valence-electron chi connectivity index (χ0n) is 12.1. The second kappa shape index (κ2) is 21.0. The fourth-order valence-corrected chi connectivity index (χ4v) is 4.68. The van der Waals surface area contributed by atoms with E-state index in [0.29, 0.717) is 0 Å². The second-order valence-electron chi connectivity index (χ2n) is 3.24. The fourth-order valence-electron chi connectivity index (χ4n) is 0.737. The number of carbonyl (C=O) groups excluding carboxylic acids is 1. The molecule has 0 aliphatic carbocycles. The van der Waals surface area contributed by atoms with Gasteiger partial charge in [-0.15, -0.1) is 10.2 Å². The number of urea groups is 1. The van der Waals surface area contributed by atoms with Crippen molar-refractivity contribution in [2.45, 2.75) is 12.5 Å². The van der Waals surface area contributed by atoms with E-state index in [4.69, 9.17) is 14.0 Å². The number of hydrazine groups is 2.